The van der Waals surface area contributed by atoms with E-state index in [0.29, 0.717) is 12.8 Å². The van der Waals surface area contributed by atoms with E-state index in [0.717, 1.165) is 24.0 Å². The summed E-state index contributed by atoms with van der Waals surface area (Å²) in [6, 6.07) is 16.1. The molecular formula is C30H43N2O7P. The molecule has 2 N–H and O–H groups in total. The van der Waals surface area contributed by atoms with Crippen molar-refractivity contribution in [2.24, 2.45) is 5.92 Å². The Morgan fingerprint density at radius 2 is 1.32 bits per heavy atom. The van der Waals surface area contributed by atoms with E-state index in [9.17, 15) is 18.9 Å². The molecule has 9 nitrogen and oxygen atoms in total. The number of carbonyl (C=O) groups excluding carboxylic acids is 3. The van der Waals surface area contributed by atoms with E-state index >= 15 is 0 Å². The zero-order valence-corrected chi connectivity index (χ0v) is 24.9. The molecule has 2 atom stereocenters. The molecule has 0 heterocycles. The number of rotatable bonds is 18. The highest BCUT2D eigenvalue weighted by molar-refractivity contribution is 7.72. The summed E-state index contributed by atoms with van der Waals surface area (Å²) in [6.45, 7) is 7.68. The molecule has 0 spiro atoms. The summed E-state index contributed by atoms with van der Waals surface area (Å²) in [6.07, 6.45) is 2.10. The Bertz CT molecular complexity index is 1080. The SMILES string of the molecule is CCCCOP(=O)(OCCCC)C(=O)[C@@H](Cc1ccccc1)NC(=O)C(NC(=O)OCc1ccccc1)C(C)C. The smallest absolute Gasteiger partial charge is 0.408 e. The molecule has 0 aliphatic carbocycles. The lowest BCUT2D eigenvalue weighted by Gasteiger charge is -2.27. The van der Waals surface area contributed by atoms with Crippen molar-refractivity contribution < 1.29 is 32.7 Å². The molecule has 0 aliphatic rings. The number of carbonyl (C=O) groups is 3. The summed E-state index contributed by atoms with van der Waals surface area (Å²) in [7, 11) is -4.21. The summed E-state index contributed by atoms with van der Waals surface area (Å²) in [5.41, 5.74) is 0.746. The molecule has 2 aromatic carbocycles. The fourth-order valence-corrected chi connectivity index (χ4v) is 5.36. The summed E-state index contributed by atoms with van der Waals surface area (Å²) >= 11 is 0. The van der Waals surface area contributed by atoms with Crippen LogP contribution >= 0.6 is 7.60 Å². The van der Waals surface area contributed by atoms with Crippen LogP contribution in [-0.2, 0) is 41.0 Å². The quantitative estimate of drug-likeness (QED) is 0.165. The van der Waals surface area contributed by atoms with Crippen molar-refractivity contribution >= 4 is 25.1 Å². The predicted octanol–water partition coefficient (Wildman–Crippen LogP) is 6.02. The number of hydrogen-bond donors (Lipinski definition) is 2. The van der Waals surface area contributed by atoms with E-state index in [4.69, 9.17) is 13.8 Å². The number of alkyl carbamates (subject to hydrolysis) is 1. The lowest BCUT2D eigenvalue weighted by atomic mass is 10.0. The van der Waals surface area contributed by atoms with Crippen LogP contribution in [0.4, 0.5) is 4.79 Å². The molecule has 1 unspecified atom stereocenters. The summed E-state index contributed by atoms with van der Waals surface area (Å²) in [4.78, 5) is 39.7. The molecule has 10 heteroatoms. The van der Waals surface area contributed by atoms with Gasteiger partial charge in [0.1, 0.15) is 18.7 Å². The number of ether oxygens (including phenoxy) is 1. The summed E-state index contributed by atoms with van der Waals surface area (Å²) in [5.74, 6) is -0.931. The molecule has 0 radical (unpaired) electrons. The van der Waals surface area contributed by atoms with Gasteiger partial charge in [0.2, 0.25) is 5.91 Å². The minimum Gasteiger partial charge on any atom is -0.445 e. The number of amides is 2. The van der Waals surface area contributed by atoms with Gasteiger partial charge in [-0.15, -0.1) is 0 Å². The Morgan fingerprint density at radius 3 is 1.82 bits per heavy atom. The van der Waals surface area contributed by atoms with Crippen LogP contribution < -0.4 is 10.6 Å². The van der Waals surface area contributed by atoms with Crippen LogP contribution in [0.1, 0.15) is 64.5 Å². The maximum Gasteiger partial charge on any atom is 0.408 e. The number of nitrogens with one attached hydrogen (secondary N) is 2. The van der Waals surface area contributed by atoms with Gasteiger partial charge in [-0.25, -0.2) is 4.79 Å². The molecule has 0 saturated heterocycles. The van der Waals surface area contributed by atoms with Crippen LogP contribution in [0.25, 0.3) is 0 Å². The molecule has 40 heavy (non-hydrogen) atoms. The number of benzene rings is 2. The second-order valence-electron chi connectivity index (χ2n) is 9.89. The van der Waals surface area contributed by atoms with Crippen molar-refractivity contribution in [3.63, 3.8) is 0 Å². The number of unbranched alkanes of at least 4 members (excludes halogenated alkanes) is 2. The zero-order chi connectivity index (χ0) is 29.4. The second-order valence-corrected chi connectivity index (χ2v) is 11.8. The van der Waals surface area contributed by atoms with Gasteiger partial charge >= 0.3 is 13.7 Å². The van der Waals surface area contributed by atoms with E-state index in [1.807, 2.05) is 74.5 Å². The van der Waals surface area contributed by atoms with Gasteiger partial charge in [-0.2, -0.15) is 0 Å². The van der Waals surface area contributed by atoms with Gasteiger partial charge in [0.05, 0.1) is 13.2 Å². The lowest BCUT2D eigenvalue weighted by molar-refractivity contribution is -0.127. The third kappa shape index (κ3) is 11.2. The molecule has 2 amide bonds. The predicted molar refractivity (Wildman–Crippen MR) is 155 cm³/mol. The normalized spacial score (nSPS) is 12.9. The maximum absolute atomic E-state index is 13.7. The van der Waals surface area contributed by atoms with Crippen molar-refractivity contribution in [2.75, 3.05) is 13.2 Å². The van der Waals surface area contributed by atoms with Gasteiger partial charge in [-0.1, -0.05) is 101 Å². The minimum absolute atomic E-state index is 0.0433. The first-order chi connectivity index (χ1) is 19.2. The van der Waals surface area contributed by atoms with Crippen LogP contribution in [0.5, 0.6) is 0 Å². The van der Waals surface area contributed by atoms with Crippen molar-refractivity contribution in [2.45, 2.75) is 78.5 Å². The van der Waals surface area contributed by atoms with Crippen molar-refractivity contribution in [1.82, 2.24) is 10.6 Å². The molecule has 0 bridgehead atoms. The van der Waals surface area contributed by atoms with E-state index in [1.165, 1.54) is 0 Å². The highest BCUT2D eigenvalue weighted by Crippen LogP contribution is 2.50. The molecule has 220 valence electrons. The molecule has 0 aromatic heterocycles. The average molecular weight is 575 g/mol. The first kappa shape index (κ1) is 33.2. The first-order valence-electron chi connectivity index (χ1n) is 13.9. The van der Waals surface area contributed by atoms with Crippen molar-refractivity contribution in [1.29, 1.82) is 0 Å². The van der Waals surface area contributed by atoms with E-state index in [2.05, 4.69) is 10.6 Å². The Labute approximate surface area is 237 Å². The van der Waals surface area contributed by atoms with Gasteiger partial charge in [-0.3, -0.25) is 14.2 Å². The van der Waals surface area contributed by atoms with Crippen LogP contribution in [0.15, 0.2) is 60.7 Å². The van der Waals surface area contributed by atoms with Gasteiger partial charge in [0.25, 0.3) is 5.52 Å². The highest BCUT2D eigenvalue weighted by Gasteiger charge is 2.42. The Balaban J connectivity index is 2.22. The largest absolute Gasteiger partial charge is 0.445 e. The maximum atomic E-state index is 13.7. The first-order valence-corrected chi connectivity index (χ1v) is 15.5. The van der Waals surface area contributed by atoms with Gasteiger partial charge < -0.3 is 24.4 Å². The second kappa shape index (κ2) is 17.6. The van der Waals surface area contributed by atoms with Crippen LogP contribution in [-0.4, -0.2) is 42.8 Å². The van der Waals surface area contributed by atoms with Crippen molar-refractivity contribution in [3.8, 4) is 0 Å². The zero-order valence-electron chi connectivity index (χ0n) is 24.0. The fourth-order valence-electron chi connectivity index (χ4n) is 3.75. The lowest BCUT2D eigenvalue weighted by Crippen LogP contribution is -2.54. The highest BCUT2D eigenvalue weighted by atomic mass is 31.2. The topological polar surface area (TPSA) is 120 Å². The third-order valence-electron chi connectivity index (χ3n) is 6.12. The van der Waals surface area contributed by atoms with Gasteiger partial charge in [-0.05, 0) is 29.9 Å². The minimum atomic E-state index is -4.21. The molecule has 0 saturated carbocycles. The fraction of sp³-hybridized carbons (Fsp3) is 0.500. The molecule has 2 rings (SSSR count). The standard InChI is InChI=1S/C30H43N2O7P/c1-5-7-19-38-40(36,39-20-8-6-2)29(34)26(21-24-15-11-9-12-16-24)31-28(33)27(23(3)4)32-30(35)37-22-25-17-13-10-14-18-25/h9-18,23,26-27H,5-8,19-22H2,1-4H3,(H,31,33)(H,32,35)/t26-,27?/m1/s1. The van der Waals surface area contributed by atoms with Crippen molar-refractivity contribution in [3.05, 3.63) is 71.8 Å². The Kier molecular flexibility index (Phi) is 14.6. The summed E-state index contributed by atoms with van der Waals surface area (Å²) in [5, 5.41) is 5.32. The van der Waals surface area contributed by atoms with Gasteiger partial charge in [0.15, 0.2) is 0 Å². The van der Waals surface area contributed by atoms with Gasteiger partial charge in [0, 0.05) is 6.42 Å². The van der Waals surface area contributed by atoms with Crippen LogP contribution in [0.2, 0.25) is 0 Å². The average Bonchev–Trinajstić information content (AvgIpc) is 2.95. The monoisotopic (exact) mass is 574 g/mol. The third-order valence-corrected chi connectivity index (χ3v) is 8.02. The number of hydrogen-bond acceptors (Lipinski definition) is 7. The van der Waals surface area contributed by atoms with E-state index in [1.54, 1.807) is 13.8 Å². The summed E-state index contributed by atoms with van der Waals surface area (Å²) < 4.78 is 30.2. The Hall–Kier alpha value is -3.00. The van der Waals surface area contributed by atoms with E-state index < -0.39 is 37.2 Å². The molecule has 0 aliphatic heterocycles. The van der Waals surface area contributed by atoms with Crippen LogP contribution in [0.3, 0.4) is 0 Å². The molecule has 2 aromatic rings. The van der Waals surface area contributed by atoms with Crippen LogP contribution in [0, 0.1) is 5.92 Å². The Morgan fingerprint density at radius 1 is 0.800 bits per heavy atom. The molecular weight excluding hydrogens is 531 g/mol. The molecule has 0 fully saturated rings. The van der Waals surface area contributed by atoms with E-state index in [-0.39, 0.29) is 32.2 Å².